The molecule has 2 aliphatic rings. The molecule has 2 N–H and O–H groups in total. The third-order valence-corrected chi connectivity index (χ3v) is 8.64. The van der Waals surface area contributed by atoms with Crippen LogP contribution in [0.2, 0.25) is 10.0 Å². The molecule has 0 spiro atoms. The number of fused-ring (bicyclic) bond motifs is 1. The van der Waals surface area contributed by atoms with E-state index in [9.17, 15) is 19.5 Å². The Morgan fingerprint density at radius 2 is 1.70 bits per heavy atom. The van der Waals surface area contributed by atoms with Crippen LogP contribution in [0.5, 0.6) is 0 Å². The molecule has 1 fully saturated rings. The fourth-order valence-electron chi connectivity index (χ4n) is 6.20. The van der Waals surface area contributed by atoms with Crippen LogP contribution in [0.4, 0.5) is 0 Å². The summed E-state index contributed by atoms with van der Waals surface area (Å²) in [7, 11) is 0. The van der Waals surface area contributed by atoms with Crippen LogP contribution in [0.15, 0.2) is 66.7 Å². The lowest BCUT2D eigenvalue weighted by Gasteiger charge is -2.48. The Bertz CT molecular complexity index is 1440. The number of nitrogens with zero attached hydrogens (tertiary/aromatic N) is 1. The SMILES string of the molecule is CC(=O)c1ccccc1CCNC(=O)[C@@H]1c2ccccc2C(=O)N([C@H]2CCCC[C@@H]2O)[C@H]1c1ccc(Cl)cc1Cl. The molecule has 3 aromatic rings. The van der Waals surface area contributed by atoms with E-state index in [1.807, 2.05) is 30.3 Å². The van der Waals surface area contributed by atoms with Crippen LogP contribution in [0.3, 0.4) is 0 Å². The van der Waals surface area contributed by atoms with Gasteiger partial charge in [-0.15, -0.1) is 0 Å². The predicted octanol–water partition coefficient (Wildman–Crippen LogP) is 6.14. The highest BCUT2D eigenvalue weighted by Gasteiger charge is 2.48. The van der Waals surface area contributed by atoms with Gasteiger partial charge in [0, 0.05) is 27.7 Å². The number of halogens is 2. The smallest absolute Gasteiger partial charge is 0.255 e. The highest BCUT2D eigenvalue weighted by molar-refractivity contribution is 6.35. The first-order chi connectivity index (χ1) is 19.3. The molecular weight excluding hydrogens is 547 g/mol. The van der Waals surface area contributed by atoms with Gasteiger partial charge in [0.15, 0.2) is 5.78 Å². The van der Waals surface area contributed by atoms with Crippen molar-refractivity contribution in [3.8, 4) is 0 Å². The maximum atomic E-state index is 14.1. The number of amides is 2. The molecule has 1 aliphatic heterocycles. The number of rotatable bonds is 7. The van der Waals surface area contributed by atoms with Crippen LogP contribution in [0.25, 0.3) is 0 Å². The van der Waals surface area contributed by atoms with Crippen LogP contribution in [-0.4, -0.2) is 46.3 Å². The summed E-state index contributed by atoms with van der Waals surface area (Å²) in [5, 5.41) is 14.9. The van der Waals surface area contributed by atoms with E-state index < -0.39 is 24.1 Å². The lowest BCUT2D eigenvalue weighted by Crippen LogP contribution is -2.55. The van der Waals surface area contributed by atoms with Gasteiger partial charge in [-0.1, -0.05) is 84.6 Å². The summed E-state index contributed by atoms with van der Waals surface area (Å²) >= 11 is 13.0. The number of carbonyl (C=O) groups excluding carboxylic acids is 3. The number of benzene rings is 3. The summed E-state index contributed by atoms with van der Waals surface area (Å²) in [5.41, 5.74) is 3.16. The third kappa shape index (κ3) is 5.53. The first-order valence-corrected chi connectivity index (χ1v) is 14.4. The van der Waals surface area contributed by atoms with Crippen molar-refractivity contribution in [2.24, 2.45) is 0 Å². The fourth-order valence-corrected chi connectivity index (χ4v) is 6.72. The largest absolute Gasteiger partial charge is 0.391 e. The minimum atomic E-state index is -0.773. The van der Waals surface area contributed by atoms with E-state index in [1.54, 1.807) is 41.3 Å². The zero-order valence-electron chi connectivity index (χ0n) is 22.3. The first kappa shape index (κ1) is 28.3. The highest BCUT2D eigenvalue weighted by Crippen LogP contribution is 2.47. The van der Waals surface area contributed by atoms with Crippen LogP contribution in [0, 0.1) is 0 Å². The molecule has 5 rings (SSSR count). The van der Waals surface area contributed by atoms with Gasteiger partial charge in [-0.25, -0.2) is 0 Å². The molecule has 1 saturated carbocycles. The fraction of sp³-hybridized carbons (Fsp3) is 0.344. The van der Waals surface area contributed by atoms with Crippen molar-refractivity contribution in [2.45, 2.75) is 63.1 Å². The van der Waals surface area contributed by atoms with Gasteiger partial charge < -0.3 is 15.3 Å². The predicted molar refractivity (Wildman–Crippen MR) is 156 cm³/mol. The first-order valence-electron chi connectivity index (χ1n) is 13.7. The standard InChI is InChI=1S/C32H32Cl2N2O4/c1-19(37)22-9-3-2-8-20(22)16-17-35-31(39)29-23-10-4-5-11-24(23)32(40)36(27-12-6-7-13-28(27)38)30(29)25-15-14-21(33)18-26(25)34/h2-5,8-11,14-15,18,27-30,38H,6-7,12-13,16-17H2,1H3,(H,35,39)/t27-,28-,29+,30-/m0/s1. The van der Waals surface area contributed by atoms with E-state index in [-0.39, 0.29) is 17.6 Å². The summed E-state index contributed by atoms with van der Waals surface area (Å²) in [4.78, 5) is 41.9. The van der Waals surface area contributed by atoms with E-state index in [0.29, 0.717) is 58.1 Å². The van der Waals surface area contributed by atoms with E-state index >= 15 is 0 Å². The molecule has 0 bridgehead atoms. The van der Waals surface area contributed by atoms with Crippen LogP contribution < -0.4 is 5.32 Å². The van der Waals surface area contributed by atoms with Gasteiger partial charge in [-0.3, -0.25) is 14.4 Å². The molecule has 1 heterocycles. The third-order valence-electron chi connectivity index (χ3n) is 8.08. The van der Waals surface area contributed by atoms with Gasteiger partial charge >= 0.3 is 0 Å². The zero-order chi connectivity index (χ0) is 28.4. The number of aliphatic hydroxyl groups excluding tert-OH is 1. The lowest BCUT2D eigenvalue weighted by atomic mass is 9.76. The second-order valence-corrected chi connectivity index (χ2v) is 11.4. The van der Waals surface area contributed by atoms with Crippen molar-refractivity contribution in [2.75, 3.05) is 6.54 Å². The maximum absolute atomic E-state index is 14.1. The quantitative estimate of drug-likeness (QED) is 0.330. The molecule has 0 unspecified atom stereocenters. The topological polar surface area (TPSA) is 86.7 Å². The maximum Gasteiger partial charge on any atom is 0.255 e. The van der Waals surface area contributed by atoms with Gasteiger partial charge in [-0.2, -0.15) is 0 Å². The van der Waals surface area contributed by atoms with E-state index in [1.165, 1.54) is 6.92 Å². The zero-order valence-corrected chi connectivity index (χ0v) is 23.8. The monoisotopic (exact) mass is 578 g/mol. The number of nitrogens with one attached hydrogen (secondary N) is 1. The molecule has 6 nitrogen and oxygen atoms in total. The second kappa shape index (κ2) is 12.1. The molecule has 208 valence electrons. The molecule has 4 atom stereocenters. The molecule has 0 saturated heterocycles. The molecule has 1 aliphatic carbocycles. The number of hydrogen-bond donors (Lipinski definition) is 2. The highest BCUT2D eigenvalue weighted by atomic mass is 35.5. The van der Waals surface area contributed by atoms with Gasteiger partial charge in [0.1, 0.15) is 0 Å². The number of Topliss-reactive ketones (excluding diaryl/α,β-unsaturated/α-hetero) is 1. The average Bonchev–Trinajstić information content (AvgIpc) is 2.94. The van der Waals surface area contributed by atoms with Crippen molar-refractivity contribution in [3.63, 3.8) is 0 Å². The Morgan fingerprint density at radius 1 is 0.975 bits per heavy atom. The Kier molecular flexibility index (Phi) is 8.60. The summed E-state index contributed by atoms with van der Waals surface area (Å²) in [6.45, 7) is 1.84. The molecule has 3 aromatic carbocycles. The molecule has 0 radical (unpaired) electrons. The number of aliphatic hydroxyl groups is 1. The summed E-state index contributed by atoms with van der Waals surface area (Å²) < 4.78 is 0. The van der Waals surface area contributed by atoms with Crippen LogP contribution in [0.1, 0.15) is 82.0 Å². The minimum absolute atomic E-state index is 0.0271. The van der Waals surface area contributed by atoms with E-state index in [4.69, 9.17) is 23.2 Å². The van der Waals surface area contributed by atoms with Crippen molar-refractivity contribution in [1.82, 2.24) is 10.2 Å². The van der Waals surface area contributed by atoms with Crippen LogP contribution >= 0.6 is 23.2 Å². The number of carbonyl (C=O) groups is 3. The van der Waals surface area contributed by atoms with E-state index in [0.717, 1.165) is 18.4 Å². The van der Waals surface area contributed by atoms with Crippen molar-refractivity contribution in [1.29, 1.82) is 0 Å². The van der Waals surface area contributed by atoms with Crippen molar-refractivity contribution >= 4 is 40.8 Å². The van der Waals surface area contributed by atoms with Crippen molar-refractivity contribution < 1.29 is 19.5 Å². The van der Waals surface area contributed by atoms with Crippen molar-refractivity contribution in [3.05, 3.63) is 105 Å². The van der Waals surface area contributed by atoms with Gasteiger partial charge in [-0.05, 0) is 61.1 Å². The normalized spacial score (nSPS) is 22.5. The Labute approximate surface area is 244 Å². The summed E-state index contributed by atoms with van der Waals surface area (Å²) in [5.74, 6) is -1.28. The molecule has 0 aromatic heterocycles. The lowest BCUT2D eigenvalue weighted by molar-refractivity contribution is -0.125. The molecule has 8 heteroatoms. The number of hydrogen-bond acceptors (Lipinski definition) is 4. The second-order valence-electron chi connectivity index (χ2n) is 10.6. The van der Waals surface area contributed by atoms with Gasteiger partial charge in [0.2, 0.25) is 5.91 Å². The van der Waals surface area contributed by atoms with Gasteiger partial charge in [0.05, 0.1) is 24.1 Å². The van der Waals surface area contributed by atoms with Gasteiger partial charge in [0.25, 0.3) is 5.91 Å². The summed E-state index contributed by atoms with van der Waals surface area (Å²) in [6.07, 6.45) is 2.75. The summed E-state index contributed by atoms with van der Waals surface area (Å²) in [6, 6.07) is 18.4. The van der Waals surface area contributed by atoms with E-state index in [2.05, 4.69) is 5.32 Å². The van der Waals surface area contributed by atoms with Crippen LogP contribution in [-0.2, 0) is 11.2 Å². The Hall–Kier alpha value is -3.19. The molecule has 2 amide bonds. The molecule has 40 heavy (non-hydrogen) atoms. The minimum Gasteiger partial charge on any atom is -0.391 e. The molecular formula is C32H32Cl2N2O4. The Balaban J connectivity index is 1.55. The number of ketones is 1. The average molecular weight is 580 g/mol. The Morgan fingerprint density at radius 3 is 2.45 bits per heavy atom.